The van der Waals surface area contributed by atoms with E-state index in [4.69, 9.17) is 0 Å². The van der Waals surface area contributed by atoms with Gasteiger partial charge in [0, 0.05) is 12.7 Å². The highest BCUT2D eigenvalue weighted by molar-refractivity contribution is 5.94. The minimum Gasteiger partial charge on any atom is -0.328 e. The van der Waals surface area contributed by atoms with Gasteiger partial charge in [0.15, 0.2) is 5.82 Å². The highest BCUT2D eigenvalue weighted by Gasteiger charge is 2.31. The van der Waals surface area contributed by atoms with Gasteiger partial charge in [-0.3, -0.25) is 14.9 Å². The third-order valence-electron chi connectivity index (χ3n) is 3.63. The number of halogens is 1. The molecule has 1 amide bonds. The lowest BCUT2D eigenvalue weighted by Gasteiger charge is -2.34. The van der Waals surface area contributed by atoms with E-state index in [-0.39, 0.29) is 17.5 Å². The highest BCUT2D eigenvalue weighted by Crippen LogP contribution is 2.30. The van der Waals surface area contributed by atoms with E-state index in [9.17, 15) is 9.18 Å². The van der Waals surface area contributed by atoms with Crippen molar-refractivity contribution >= 4 is 5.91 Å². The molecule has 2 aromatic heterocycles. The number of hydrogen-bond donors (Lipinski definition) is 1. The summed E-state index contributed by atoms with van der Waals surface area (Å²) >= 11 is 0. The van der Waals surface area contributed by atoms with Gasteiger partial charge < -0.3 is 4.90 Å². The molecule has 0 bridgehead atoms. The van der Waals surface area contributed by atoms with Gasteiger partial charge in [-0.15, -0.1) is 0 Å². The molecule has 3 heterocycles. The molecular formula is C14H16FN5O. The van der Waals surface area contributed by atoms with Crippen LogP contribution in [-0.2, 0) is 0 Å². The SMILES string of the molecule is Cc1nc([C@H]2CCCCN2C(=O)c2cncc(F)c2)n[nH]1. The van der Waals surface area contributed by atoms with Gasteiger partial charge in [0.05, 0.1) is 17.8 Å². The number of nitrogens with one attached hydrogen (secondary N) is 1. The zero-order chi connectivity index (χ0) is 14.8. The van der Waals surface area contributed by atoms with Crippen molar-refractivity contribution in [3.05, 3.63) is 41.5 Å². The number of aromatic amines is 1. The maximum atomic E-state index is 13.3. The number of carbonyl (C=O) groups is 1. The molecule has 1 N–H and O–H groups in total. The van der Waals surface area contributed by atoms with Crippen LogP contribution in [0, 0.1) is 12.7 Å². The standard InChI is InChI=1S/C14H16FN5O/c1-9-17-13(19-18-9)12-4-2-3-5-20(12)14(21)10-6-11(15)8-16-7-10/h6-8,12H,2-5H2,1H3,(H,17,18,19)/t12-/m1/s1. The van der Waals surface area contributed by atoms with Crippen LogP contribution in [0.3, 0.4) is 0 Å². The Kier molecular flexibility index (Phi) is 3.64. The van der Waals surface area contributed by atoms with Gasteiger partial charge in [-0.05, 0) is 32.3 Å². The predicted molar refractivity (Wildman–Crippen MR) is 72.9 cm³/mol. The second-order valence-corrected chi connectivity index (χ2v) is 5.18. The Hall–Kier alpha value is -2.31. The molecule has 3 rings (SSSR count). The van der Waals surface area contributed by atoms with E-state index < -0.39 is 5.82 Å². The molecular weight excluding hydrogens is 273 g/mol. The zero-order valence-corrected chi connectivity index (χ0v) is 11.7. The van der Waals surface area contributed by atoms with Crippen LogP contribution in [0.15, 0.2) is 18.5 Å². The topological polar surface area (TPSA) is 74.8 Å². The third kappa shape index (κ3) is 2.76. The second-order valence-electron chi connectivity index (χ2n) is 5.18. The van der Waals surface area contributed by atoms with Crippen LogP contribution in [0.5, 0.6) is 0 Å². The number of aromatic nitrogens is 4. The summed E-state index contributed by atoms with van der Waals surface area (Å²) in [6, 6.07) is 1.05. The van der Waals surface area contributed by atoms with Crippen LogP contribution in [-0.4, -0.2) is 37.5 Å². The normalized spacial score (nSPS) is 18.8. The summed E-state index contributed by atoms with van der Waals surface area (Å²) in [6.45, 7) is 2.44. The van der Waals surface area contributed by atoms with Crippen molar-refractivity contribution in [2.45, 2.75) is 32.2 Å². The fraction of sp³-hybridized carbons (Fsp3) is 0.429. The molecule has 7 heteroatoms. The molecule has 110 valence electrons. The van der Waals surface area contributed by atoms with Crippen molar-refractivity contribution in [3.8, 4) is 0 Å². The maximum absolute atomic E-state index is 13.3. The number of H-pyrrole nitrogens is 1. The number of hydrogen-bond acceptors (Lipinski definition) is 4. The number of aryl methyl sites for hydroxylation is 1. The zero-order valence-electron chi connectivity index (χ0n) is 11.7. The van der Waals surface area contributed by atoms with Crippen molar-refractivity contribution in [3.63, 3.8) is 0 Å². The van der Waals surface area contributed by atoms with Gasteiger partial charge >= 0.3 is 0 Å². The summed E-state index contributed by atoms with van der Waals surface area (Å²) in [5, 5.41) is 6.97. The van der Waals surface area contributed by atoms with Crippen molar-refractivity contribution in [1.29, 1.82) is 0 Å². The monoisotopic (exact) mass is 289 g/mol. The smallest absolute Gasteiger partial charge is 0.256 e. The third-order valence-corrected chi connectivity index (χ3v) is 3.63. The minimum atomic E-state index is -0.511. The molecule has 0 spiro atoms. The highest BCUT2D eigenvalue weighted by atomic mass is 19.1. The van der Waals surface area contributed by atoms with Gasteiger partial charge in [0.1, 0.15) is 11.6 Å². The Morgan fingerprint density at radius 1 is 1.43 bits per heavy atom. The van der Waals surface area contributed by atoms with E-state index >= 15 is 0 Å². The van der Waals surface area contributed by atoms with E-state index in [1.54, 1.807) is 4.90 Å². The molecule has 1 aliphatic heterocycles. The van der Waals surface area contributed by atoms with Gasteiger partial charge in [-0.1, -0.05) is 0 Å². The number of pyridine rings is 1. The molecule has 0 saturated carbocycles. The van der Waals surface area contributed by atoms with Crippen molar-refractivity contribution in [2.24, 2.45) is 0 Å². The molecule has 2 aromatic rings. The molecule has 0 radical (unpaired) electrons. The average Bonchev–Trinajstić information content (AvgIpc) is 2.93. The fourth-order valence-electron chi connectivity index (χ4n) is 2.65. The Morgan fingerprint density at radius 2 is 2.29 bits per heavy atom. The van der Waals surface area contributed by atoms with Crippen molar-refractivity contribution in [1.82, 2.24) is 25.1 Å². The van der Waals surface area contributed by atoms with Crippen LogP contribution in [0.25, 0.3) is 0 Å². The van der Waals surface area contributed by atoms with E-state index in [1.165, 1.54) is 12.3 Å². The van der Waals surface area contributed by atoms with Crippen LogP contribution in [0.2, 0.25) is 0 Å². The number of nitrogens with zero attached hydrogens (tertiary/aromatic N) is 4. The van der Waals surface area contributed by atoms with E-state index in [0.717, 1.165) is 31.3 Å². The molecule has 1 aliphatic rings. The Bertz CT molecular complexity index is 656. The van der Waals surface area contributed by atoms with Crippen LogP contribution in [0.4, 0.5) is 4.39 Å². The molecule has 0 aliphatic carbocycles. The first-order valence-electron chi connectivity index (χ1n) is 6.95. The summed E-state index contributed by atoms with van der Waals surface area (Å²) in [5.74, 6) is 0.595. The number of piperidine rings is 1. The first-order chi connectivity index (χ1) is 10.1. The van der Waals surface area contributed by atoms with Gasteiger partial charge in [0.2, 0.25) is 0 Å². The molecule has 1 saturated heterocycles. The largest absolute Gasteiger partial charge is 0.328 e. The fourth-order valence-corrected chi connectivity index (χ4v) is 2.65. The molecule has 0 aromatic carbocycles. The lowest BCUT2D eigenvalue weighted by atomic mass is 10.0. The van der Waals surface area contributed by atoms with Crippen LogP contribution in [0.1, 0.15) is 47.3 Å². The van der Waals surface area contributed by atoms with Gasteiger partial charge in [-0.25, -0.2) is 9.37 Å². The molecule has 21 heavy (non-hydrogen) atoms. The number of rotatable bonds is 2. The molecule has 0 unspecified atom stereocenters. The molecule has 1 atom stereocenters. The number of carbonyl (C=O) groups excluding carboxylic acids is 1. The predicted octanol–water partition coefficient (Wildman–Crippen LogP) is 2.01. The van der Waals surface area contributed by atoms with Crippen LogP contribution >= 0.6 is 0 Å². The summed E-state index contributed by atoms with van der Waals surface area (Å²) < 4.78 is 13.3. The van der Waals surface area contributed by atoms with E-state index in [1.807, 2.05) is 6.92 Å². The average molecular weight is 289 g/mol. The summed E-state index contributed by atoms with van der Waals surface area (Å²) in [4.78, 5) is 22.4. The maximum Gasteiger partial charge on any atom is 0.256 e. The van der Waals surface area contributed by atoms with Gasteiger partial charge in [-0.2, -0.15) is 5.10 Å². The lowest BCUT2D eigenvalue weighted by Crippen LogP contribution is -2.39. The first kappa shape index (κ1) is 13.7. The minimum absolute atomic E-state index is 0.167. The summed E-state index contributed by atoms with van der Waals surface area (Å²) in [6.07, 6.45) is 5.23. The first-order valence-corrected chi connectivity index (χ1v) is 6.95. The Balaban J connectivity index is 1.89. The molecule has 6 nitrogen and oxygen atoms in total. The number of amides is 1. The quantitative estimate of drug-likeness (QED) is 0.917. The summed E-state index contributed by atoms with van der Waals surface area (Å²) in [5.41, 5.74) is 0.258. The van der Waals surface area contributed by atoms with Gasteiger partial charge in [0.25, 0.3) is 5.91 Å². The molecule has 1 fully saturated rings. The summed E-state index contributed by atoms with van der Waals surface area (Å²) in [7, 11) is 0. The van der Waals surface area contributed by atoms with E-state index in [0.29, 0.717) is 12.4 Å². The van der Waals surface area contributed by atoms with E-state index in [2.05, 4.69) is 20.2 Å². The van der Waals surface area contributed by atoms with Crippen LogP contribution < -0.4 is 0 Å². The Labute approximate surface area is 121 Å². The Morgan fingerprint density at radius 3 is 3.00 bits per heavy atom. The van der Waals surface area contributed by atoms with Crippen molar-refractivity contribution < 1.29 is 9.18 Å². The lowest BCUT2D eigenvalue weighted by molar-refractivity contribution is 0.0599. The number of likely N-dealkylation sites (tertiary alicyclic amines) is 1. The van der Waals surface area contributed by atoms with Crippen molar-refractivity contribution in [2.75, 3.05) is 6.54 Å². The second kappa shape index (κ2) is 5.59.